The summed E-state index contributed by atoms with van der Waals surface area (Å²) in [5.41, 5.74) is 1.95. The molecular formula is C17H14BrNO2S. The number of aromatic nitrogens is 1. The number of phenolic OH excluding ortho intramolecular Hbond substituents is 1. The Bertz CT molecular complexity index is 809. The Hall–Kier alpha value is -1.85. The smallest absolute Gasteiger partial charge is 0.172 e. The van der Waals surface area contributed by atoms with Crippen molar-refractivity contribution < 1.29 is 9.84 Å². The zero-order chi connectivity index (χ0) is 15.5. The molecule has 1 N–H and O–H groups in total. The van der Waals surface area contributed by atoms with E-state index in [0.29, 0.717) is 16.8 Å². The van der Waals surface area contributed by atoms with E-state index in [1.54, 1.807) is 11.3 Å². The van der Waals surface area contributed by atoms with E-state index in [-0.39, 0.29) is 5.75 Å². The maximum absolute atomic E-state index is 9.93. The van der Waals surface area contributed by atoms with Crippen molar-refractivity contribution in [1.29, 1.82) is 0 Å². The summed E-state index contributed by atoms with van der Waals surface area (Å²) in [7, 11) is 0. The van der Waals surface area contributed by atoms with E-state index < -0.39 is 0 Å². The van der Waals surface area contributed by atoms with Gasteiger partial charge in [-0.1, -0.05) is 18.2 Å². The van der Waals surface area contributed by atoms with Crippen LogP contribution in [0.2, 0.25) is 0 Å². The number of fused-ring (bicyclic) bond motifs is 1. The van der Waals surface area contributed by atoms with Crippen LogP contribution in [-0.4, -0.2) is 16.7 Å². The van der Waals surface area contributed by atoms with Crippen LogP contribution >= 0.6 is 27.3 Å². The first-order valence-electron chi connectivity index (χ1n) is 6.86. The molecule has 2 aromatic carbocycles. The maximum atomic E-state index is 9.93. The van der Waals surface area contributed by atoms with Crippen molar-refractivity contribution in [3.05, 3.63) is 51.4 Å². The van der Waals surface area contributed by atoms with Crippen LogP contribution < -0.4 is 4.74 Å². The van der Waals surface area contributed by atoms with Crippen LogP contribution in [0.3, 0.4) is 0 Å². The van der Waals surface area contributed by atoms with Gasteiger partial charge in [-0.05, 0) is 58.8 Å². The highest BCUT2D eigenvalue weighted by Gasteiger charge is 2.08. The molecular weight excluding hydrogens is 362 g/mol. The molecule has 0 unspecified atom stereocenters. The number of phenols is 1. The van der Waals surface area contributed by atoms with Crippen LogP contribution in [0, 0.1) is 0 Å². The molecule has 0 saturated carbocycles. The number of thiazole rings is 1. The molecule has 0 aliphatic rings. The zero-order valence-electron chi connectivity index (χ0n) is 11.9. The quantitative estimate of drug-likeness (QED) is 0.669. The minimum Gasteiger partial charge on any atom is -0.503 e. The predicted octanol–water partition coefficient (Wildman–Crippen LogP) is 5.33. The van der Waals surface area contributed by atoms with Gasteiger partial charge in [-0.2, -0.15) is 0 Å². The highest BCUT2D eigenvalue weighted by atomic mass is 79.9. The fraction of sp³-hybridized carbons (Fsp3) is 0.118. The Kier molecular flexibility index (Phi) is 4.45. The fourth-order valence-electron chi connectivity index (χ4n) is 2.08. The molecule has 0 amide bonds. The first kappa shape index (κ1) is 15.1. The van der Waals surface area contributed by atoms with Gasteiger partial charge in [-0.25, -0.2) is 4.98 Å². The predicted molar refractivity (Wildman–Crippen MR) is 95.5 cm³/mol. The van der Waals surface area contributed by atoms with Crippen LogP contribution in [0.15, 0.2) is 40.9 Å². The number of para-hydroxylation sites is 1. The zero-order valence-corrected chi connectivity index (χ0v) is 14.3. The molecule has 112 valence electrons. The molecule has 3 nitrogen and oxygen atoms in total. The lowest BCUT2D eigenvalue weighted by molar-refractivity contribution is 0.317. The SMILES string of the molecule is CCOc1cc(/C=C\c2nc3ccccc3s2)cc(Br)c1O. The van der Waals surface area contributed by atoms with Crippen molar-refractivity contribution in [3.63, 3.8) is 0 Å². The monoisotopic (exact) mass is 375 g/mol. The molecule has 0 radical (unpaired) electrons. The Morgan fingerprint density at radius 2 is 2.09 bits per heavy atom. The number of benzene rings is 2. The second kappa shape index (κ2) is 6.50. The fourth-order valence-corrected chi connectivity index (χ4v) is 3.41. The van der Waals surface area contributed by atoms with Crippen molar-refractivity contribution in [3.8, 4) is 11.5 Å². The molecule has 0 aliphatic heterocycles. The van der Waals surface area contributed by atoms with E-state index in [4.69, 9.17) is 4.74 Å². The Morgan fingerprint density at radius 3 is 2.86 bits per heavy atom. The van der Waals surface area contributed by atoms with Gasteiger partial charge in [-0.15, -0.1) is 11.3 Å². The highest BCUT2D eigenvalue weighted by Crippen LogP contribution is 2.36. The van der Waals surface area contributed by atoms with E-state index >= 15 is 0 Å². The second-order valence-electron chi connectivity index (χ2n) is 4.64. The summed E-state index contributed by atoms with van der Waals surface area (Å²) in [5, 5.41) is 10.9. The molecule has 1 heterocycles. The van der Waals surface area contributed by atoms with Gasteiger partial charge in [0, 0.05) is 0 Å². The first-order chi connectivity index (χ1) is 10.7. The number of nitrogens with zero attached hydrogens (tertiary/aromatic N) is 1. The number of hydrogen-bond donors (Lipinski definition) is 1. The lowest BCUT2D eigenvalue weighted by Gasteiger charge is -2.08. The van der Waals surface area contributed by atoms with Crippen molar-refractivity contribution in [1.82, 2.24) is 4.98 Å². The third kappa shape index (κ3) is 3.15. The van der Waals surface area contributed by atoms with Crippen molar-refractivity contribution in [2.24, 2.45) is 0 Å². The van der Waals surface area contributed by atoms with E-state index in [2.05, 4.69) is 27.0 Å². The summed E-state index contributed by atoms with van der Waals surface area (Å²) in [6.45, 7) is 2.39. The van der Waals surface area contributed by atoms with E-state index in [9.17, 15) is 5.11 Å². The maximum Gasteiger partial charge on any atom is 0.172 e. The van der Waals surface area contributed by atoms with Gasteiger partial charge < -0.3 is 9.84 Å². The summed E-state index contributed by atoms with van der Waals surface area (Å²) in [5.74, 6) is 0.597. The topological polar surface area (TPSA) is 42.4 Å². The highest BCUT2D eigenvalue weighted by molar-refractivity contribution is 9.10. The van der Waals surface area contributed by atoms with Crippen LogP contribution in [-0.2, 0) is 0 Å². The van der Waals surface area contributed by atoms with Gasteiger partial charge in [0.25, 0.3) is 0 Å². The average Bonchev–Trinajstić information content (AvgIpc) is 2.93. The molecule has 0 aliphatic carbocycles. The minimum atomic E-state index is 0.124. The van der Waals surface area contributed by atoms with Crippen LogP contribution in [0.1, 0.15) is 17.5 Å². The standard InChI is InChI=1S/C17H14BrNO2S/c1-2-21-14-10-11(9-12(18)17(14)20)7-8-16-19-13-5-3-4-6-15(13)22-16/h3-10,20H,2H2,1H3/b8-7-. The molecule has 0 saturated heterocycles. The molecule has 0 fully saturated rings. The van der Waals surface area contributed by atoms with Gasteiger partial charge >= 0.3 is 0 Å². The molecule has 1 aromatic heterocycles. The van der Waals surface area contributed by atoms with Gasteiger partial charge in [-0.3, -0.25) is 0 Å². The summed E-state index contributed by atoms with van der Waals surface area (Å²) >= 11 is 4.99. The van der Waals surface area contributed by atoms with Crippen molar-refractivity contribution in [2.75, 3.05) is 6.61 Å². The third-order valence-electron chi connectivity index (χ3n) is 3.08. The van der Waals surface area contributed by atoms with Gasteiger partial charge in [0.1, 0.15) is 5.01 Å². The molecule has 5 heteroatoms. The number of rotatable bonds is 4. The lowest BCUT2D eigenvalue weighted by Crippen LogP contribution is -1.92. The number of hydrogen-bond acceptors (Lipinski definition) is 4. The van der Waals surface area contributed by atoms with Crippen LogP contribution in [0.5, 0.6) is 11.5 Å². The Labute approximate surface area is 141 Å². The van der Waals surface area contributed by atoms with Gasteiger partial charge in [0.05, 0.1) is 21.3 Å². The van der Waals surface area contributed by atoms with E-state index in [1.807, 2.05) is 49.4 Å². The summed E-state index contributed by atoms with van der Waals surface area (Å²) < 4.78 is 7.22. The molecule has 22 heavy (non-hydrogen) atoms. The average molecular weight is 376 g/mol. The second-order valence-corrected chi connectivity index (χ2v) is 6.55. The number of aromatic hydroxyl groups is 1. The normalized spacial score (nSPS) is 11.4. The number of ether oxygens (including phenoxy) is 1. The Balaban J connectivity index is 1.91. The molecule has 3 rings (SSSR count). The van der Waals surface area contributed by atoms with Gasteiger partial charge in [0.15, 0.2) is 11.5 Å². The van der Waals surface area contributed by atoms with E-state index in [1.165, 1.54) is 4.70 Å². The summed E-state index contributed by atoms with van der Waals surface area (Å²) in [4.78, 5) is 4.57. The molecule has 0 spiro atoms. The minimum absolute atomic E-state index is 0.124. The van der Waals surface area contributed by atoms with Crippen LogP contribution in [0.4, 0.5) is 0 Å². The van der Waals surface area contributed by atoms with E-state index in [0.717, 1.165) is 16.1 Å². The lowest BCUT2D eigenvalue weighted by atomic mass is 10.2. The first-order valence-corrected chi connectivity index (χ1v) is 8.47. The van der Waals surface area contributed by atoms with Crippen molar-refractivity contribution in [2.45, 2.75) is 6.92 Å². The van der Waals surface area contributed by atoms with Gasteiger partial charge in [0.2, 0.25) is 0 Å². The molecule has 0 bridgehead atoms. The largest absolute Gasteiger partial charge is 0.503 e. The van der Waals surface area contributed by atoms with Crippen molar-refractivity contribution >= 4 is 49.6 Å². The molecule has 3 aromatic rings. The summed E-state index contributed by atoms with van der Waals surface area (Å²) in [6, 6.07) is 11.7. The van der Waals surface area contributed by atoms with Crippen LogP contribution in [0.25, 0.3) is 22.4 Å². The third-order valence-corrected chi connectivity index (χ3v) is 4.69. The Morgan fingerprint density at radius 1 is 1.27 bits per heavy atom. The molecule has 0 atom stereocenters. The summed E-state index contributed by atoms with van der Waals surface area (Å²) in [6.07, 6.45) is 3.93. The number of halogens is 1.